The van der Waals surface area contributed by atoms with Crippen molar-refractivity contribution in [1.82, 2.24) is 15.2 Å². The summed E-state index contributed by atoms with van der Waals surface area (Å²) in [6.45, 7) is 4.03. The van der Waals surface area contributed by atoms with E-state index in [1.807, 2.05) is 13.0 Å². The quantitative estimate of drug-likeness (QED) is 0.653. The van der Waals surface area contributed by atoms with Crippen molar-refractivity contribution in [2.75, 3.05) is 6.54 Å². The Morgan fingerprint density at radius 1 is 1.03 bits per heavy atom. The van der Waals surface area contributed by atoms with Crippen LogP contribution in [0.15, 0.2) is 73.1 Å². The van der Waals surface area contributed by atoms with Crippen LogP contribution >= 0.6 is 0 Å². The van der Waals surface area contributed by atoms with E-state index in [1.165, 1.54) is 16.7 Å². The van der Waals surface area contributed by atoms with Crippen molar-refractivity contribution in [2.24, 2.45) is 5.92 Å². The van der Waals surface area contributed by atoms with Crippen LogP contribution < -0.4 is 5.32 Å². The van der Waals surface area contributed by atoms with Crippen LogP contribution in [0.4, 0.5) is 0 Å². The summed E-state index contributed by atoms with van der Waals surface area (Å²) in [7, 11) is 0. The number of carbonyl (C=O) groups excluding carboxylic acids is 1. The van der Waals surface area contributed by atoms with Crippen LogP contribution in [-0.4, -0.2) is 34.4 Å². The number of hydrogen-bond donors (Lipinski definition) is 1. The maximum Gasteiger partial charge on any atom is 0.253 e. The zero-order chi connectivity index (χ0) is 21.2. The molecule has 0 unspecified atom stereocenters. The number of fused-ring (bicyclic) bond motifs is 1. The average molecular weight is 412 g/mol. The Labute approximate surface area is 184 Å². The first-order valence-corrected chi connectivity index (χ1v) is 11.3. The summed E-state index contributed by atoms with van der Waals surface area (Å²) in [5.74, 6) is 0.542. The fourth-order valence-corrected chi connectivity index (χ4v) is 5.46. The van der Waals surface area contributed by atoms with Gasteiger partial charge < -0.3 is 5.32 Å². The number of pyridine rings is 1. The Kier molecular flexibility index (Phi) is 5.56. The molecule has 1 aliphatic heterocycles. The lowest BCUT2D eigenvalue weighted by Crippen LogP contribution is -2.39. The van der Waals surface area contributed by atoms with Crippen molar-refractivity contribution < 1.29 is 4.79 Å². The standard InChI is InChI=1S/C27H29N3O/c1-19-15-22(17-28-16-19)27(31)29-25-11-12-26-24(25)13-14-30(26)18-21-9-5-6-10-23(21)20-7-3-2-4-8-20/h2-10,15-17,24-26H,11-14,18H2,1H3,(H,29,31)/t24-,25-,26+/m0/s1. The molecule has 3 aromatic rings. The highest BCUT2D eigenvalue weighted by Crippen LogP contribution is 2.39. The van der Waals surface area contributed by atoms with E-state index >= 15 is 0 Å². The molecular formula is C27H29N3O. The summed E-state index contributed by atoms with van der Waals surface area (Å²) in [4.78, 5) is 19.6. The second kappa shape index (κ2) is 8.64. The highest BCUT2D eigenvalue weighted by molar-refractivity contribution is 5.94. The van der Waals surface area contributed by atoms with Crippen molar-refractivity contribution in [2.45, 2.75) is 44.8 Å². The number of aryl methyl sites for hydroxylation is 1. The summed E-state index contributed by atoms with van der Waals surface area (Å²) < 4.78 is 0. The average Bonchev–Trinajstić information content (AvgIpc) is 3.38. The van der Waals surface area contributed by atoms with Gasteiger partial charge in [-0.1, -0.05) is 54.6 Å². The maximum absolute atomic E-state index is 12.8. The van der Waals surface area contributed by atoms with Gasteiger partial charge >= 0.3 is 0 Å². The highest BCUT2D eigenvalue weighted by Gasteiger charge is 2.44. The van der Waals surface area contributed by atoms with Gasteiger partial charge in [-0.2, -0.15) is 0 Å². The lowest BCUT2D eigenvalue weighted by Gasteiger charge is -2.25. The number of carbonyl (C=O) groups is 1. The molecule has 3 atom stereocenters. The molecule has 158 valence electrons. The predicted molar refractivity (Wildman–Crippen MR) is 124 cm³/mol. The molecule has 2 fully saturated rings. The van der Waals surface area contributed by atoms with Crippen LogP contribution in [0, 0.1) is 12.8 Å². The SMILES string of the molecule is Cc1cncc(C(=O)N[C@H]2CC[C@@H]3[C@H]2CCN3Cc2ccccc2-c2ccccc2)c1. The third-order valence-electron chi connectivity index (χ3n) is 6.93. The van der Waals surface area contributed by atoms with E-state index < -0.39 is 0 Å². The highest BCUT2D eigenvalue weighted by atomic mass is 16.1. The van der Waals surface area contributed by atoms with Gasteiger partial charge in [0, 0.05) is 31.0 Å². The van der Waals surface area contributed by atoms with Gasteiger partial charge in [-0.25, -0.2) is 0 Å². The smallest absolute Gasteiger partial charge is 0.253 e. The minimum atomic E-state index is 0.00900. The van der Waals surface area contributed by atoms with E-state index in [0.29, 0.717) is 17.5 Å². The van der Waals surface area contributed by atoms with E-state index in [0.717, 1.165) is 37.9 Å². The van der Waals surface area contributed by atoms with Crippen LogP contribution in [0.1, 0.15) is 40.7 Å². The number of amides is 1. The van der Waals surface area contributed by atoms with Gasteiger partial charge in [0.25, 0.3) is 5.91 Å². The molecule has 2 aliphatic rings. The summed E-state index contributed by atoms with van der Waals surface area (Å²) in [5.41, 5.74) is 5.65. The van der Waals surface area contributed by atoms with Gasteiger partial charge in [0.2, 0.25) is 0 Å². The van der Waals surface area contributed by atoms with Crippen molar-refractivity contribution in [3.05, 3.63) is 89.7 Å². The van der Waals surface area contributed by atoms with Gasteiger partial charge in [-0.3, -0.25) is 14.7 Å². The third kappa shape index (κ3) is 4.13. The summed E-state index contributed by atoms with van der Waals surface area (Å²) >= 11 is 0. The lowest BCUT2D eigenvalue weighted by molar-refractivity contribution is 0.0926. The molecule has 1 N–H and O–H groups in total. The molecular weight excluding hydrogens is 382 g/mol. The Morgan fingerprint density at radius 3 is 2.68 bits per heavy atom. The molecule has 1 amide bonds. The zero-order valence-corrected chi connectivity index (χ0v) is 18.0. The number of aromatic nitrogens is 1. The first-order valence-electron chi connectivity index (χ1n) is 11.3. The maximum atomic E-state index is 12.8. The first-order chi connectivity index (χ1) is 15.2. The van der Waals surface area contributed by atoms with Gasteiger partial charge in [0.05, 0.1) is 5.56 Å². The van der Waals surface area contributed by atoms with Crippen molar-refractivity contribution in [3.8, 4) is 11.1 Å². The molecule has 4 nitrogen and oxygen atoms in total. The molecule has 1 aliphatic carbocycles. The van der Waals surface area contributed by atoms with Crippen LogP contribution in [0.2, 0.25) is 0 Å². The third-order valence-corrected chi connectivity index (χ3v) is 6.93. The van der Waals surface area contributed by atoms with Gasteiger partial charge in [0.15, 0.2) is 0 Å². The Bertz CT molecular complexity index is 1060. The van der Waals surface area contributed by atoms with Crippen LogP contribution in [-0.2, 0) is 6.54 Å². The zero-order valence-electron chi connectivity index (χ0n) is 18.0. The van der Waals surface area contributed by atoms with Crippen LogP contribution in [0.5, 0.6) is 0 Å². The molecule has 0 bridgehead atoms. The molecule has 5 rings (SSSR count). The molecule has 2 heterocycles. The van der Waals surface area contributed by atoms with Gasteiger partial charge in [-0.05, 0) is 67.0 Å². The monoisotopic (exact) mass is 411 g/mol. The van der Waals surface area contributed by atoms with E-state index in [1.54, 1.807) is 12.4 Å². The molecule has 1 saturated heterocycles. The number of likely N-dealkylation sites (tertiary alicyclic amines) is 1. The van der Waals surface area contributed by atoms with Crippen LogP contribution in [0.25, 0.3) is 11.1 Å². The van der Waals surface area contributed by atoms with Crippen molar-refractivity contribution in [3.63, 3.8) is 0 Å². The molecule has 0 spiro atoms. The van der Waals surface area contributed by atoms with Gasteiger partial charge in [-0.15, -0.1) is 0 Å². The van der Waals surface area contributed by atoms with E-state index in [9.17, 15) is 4.79 Å². The summed E-state index contributed by atoms with van der Waals surface area (Å²) in [6.07, 6.45) is 6.79. The largest absolute Gasteiger partial charge is 0.349 e. The topological polar surface area (TPSA) is 45.2 Å². The van der Waals surface area contributed by atoms with Crippen LogP contribution in [0.3, 0.4) is 0 Å². The number of nitrogens with zero attached hydrogens (tertiary/aromatic N) is 2. The molecule has 1 aromatic heterocycles. The number of hydrogen-bond acceptors (Lipinski definition) is 3. The minimum absolute atomic E-state index is 0.00900. The number of nitrogens with one attached hydrogen (secondary N) is 1. The fraction of sp³-hybridized carbons (Fsp3) is 0.333. The number of benzene rings is 2. The van der Waals surface area contributed by atoms with Crippen molar-refractivity contribution >= 4 is 5.91 Å². The van der Waals surface area contributed by atoms with Crippen molar-refractivity contribution in [1.29, 1.82) is 0 Å². The normalized spacial score (nSPS) is 22.9. The molecule has 4 heteroatoms. The Hall–Kier alpha value is -2.98. The Morgan fingerprint density at radius 2 is 1.84 bits per heavy atom. The summed E-state index contributed by atoms with van der Waals surface area (Å²) in [6, 6.07) is 22.1. The van der Waals surface area contributed by atoms with E-state index in [-0.39, 0.29) is 11.9 Å². The van der Waals surface area contributed by atoms with E-state index in [2.05, 4.69) is 69.8 Å². The molecule has 31 heavy (non-hydrogen) atoms. The Balaban J connectivity index is 1.28. The lowest BCUT2D eigenvalue weighted by atomic mass is 9.98. The predicted octanol–water partition coefficient (Wildman–Crippen LogP) is 4.84. The number of rotatable bonds is 5. The first kappa shape index (κ1) is 20.0. The molecule has 0 radical (unpaired) electrons. The minimum Gasteiger partial charge on any atom is -0.349 e. The van der Waals surface area contributed by atoms with E-state index in [4.69, 9.17) is 0 Å². The summed E-state index contributed by atoms with van der Waals surface area (Å²) in [5, 5.41) is 3.31. The molecule has 1 saturated carbocycles. The molecule has 2 aromatic carbocycles. The second-order valence-electron chi connectivity index (χ2n) is 8.92. The fourth-order valence-electron chi connectivity index (χ4n) is 5.46. The van der Waals surface area contributed by atoms with Gasteiger partial charge in [0.1, 0.15) is 0 Å². The second-order valence-corrected chi connectivity index (χ2v) is 8.92.